The van der Waals surface area contributed by atoms with Gasteiger partial charge in [-0.2, -0.15) is 0 Å². The molecular weight excluding hydrogens is 224 g/mol. The van der Waals surface area contributed by atoms with E-state index in [-0.39, 0.29) is 5.54 Å². The van der Waals surface area contributed by atoms with Crippen LogP contribution in [0.25, 0.3) is 0 Å². The average molecular weight is 248 g/mol. The highest BCUT2D eigenvalue weighted by atomic mass is 16.5. The first-order valence-electron chi connectivity index (χ1n) is 6.65. The van der Waals surface area contributed by atoms with Crippen molar-refractivity contribution < 1.29 is 4.74 Å². The molecule has 1 fully saturated rings. The second-order valence-corrected chi connectivity index (χ2v) is 5.62. The first kappa shape index (κ1) is 13.4. The van der Waals surface area contributed by atoms with E-state index in [1.165, 1.54) is 16.8 Å². The van der Waals surface area contributed by atoms with E-state index in [4.69, 9.17) is 10.5 Å². The number of ether oxygens (including phenoxy) is 1. The van der Waals surface area contributed by atoms with Crippen LogP contribution in [-0.2, 0) is 4.74 Å². The molecule has 100 valence electrons. The van der Waals surface area contributed by atoms with Gasteiger partial charge in [-0.3, -0.25) is 0 Å². The van der Waals surface area contributed by atoms with Gasteiger partial charge in [-0.05, 0) is 38.3 Å². The van der Waals surface area contributed by atoms with Crippen LogP contribution in [0.4, 0.5) is 5.69 Å². The second-order valence-electron chi connectivity index (χ2n) is 5.62. The van der Waals surface area contributed by atoms with Crippen LogP contribution in [0.3, 0.4) is 0 Å². The zero-order valence-electron chi connectivity index (χ0n) is 11.7. The Morgan fingerprint density at radius 2 is 1.94 bits per heavy atom. The molecule has 0 bridgehead atoms. The van der Waals surface area contributed by atoms with Gasteiger partial charge in [0.05, 0.1) is 0 Å². The number of hydrogen-bond acceptors (Lipinski definition) is 3. The van der Waals surface area contributed by atoms with Gasteiger partial charge in [0.2, 0.25) is 0 Å². The Balaban J connectivity index is 2.08. The molecule has 0 spiro atoms. The zero-order valence-corrected chi connectivity index (χ0v) is 11.7. The predicted octanol–water partition coefficient (Wildman–Crippen LogP) is 2.25. The smallest absolute Gasteiger partial charge is 0.0484 e. The standard InChI is InChI=1S/C15H24N2O/c1-12-4-5-14(13(2)10-12)17(3)11-15(16)6-8-18-9-7-15/h4-5,10H,6-9,11,16H2,1-3H3. The molecule has 0 radical (unpaired) electrons. The number of nitrogens with two attached hydrogens (primary N) is 1. The molecule has 2 N–H and O–H groups in total. The summed E-state index contributed by atoms with van der Waals surface area (Å²) in [4.78, 5) is 2.28. The monoisotopic (exact) mass is 248 g/mol. The molecule has 0 aliphatic carbocycles. The molecule has 0 unspecified atom stereocenters. The van der Waals surface area contributed by atoms with Gasteiger partial charge in [-0.1, -0.05) is 17.7 Å². The maximum absolute atomic E-state index is 6.46. The van der Waals surface area contributed by atoms with Gasteiger partial charge in [0.1, 0.15) is 0 Å². The topological polar surface area (TPSA) is 38.5 Å². The van der Waals surface area contributed by atoms with Gasteiger partial charge in [0.25, 0.3) is 0 Å². The Kier molecular flexibility index (Phi) is 3.93. The SMILES string of the molecule is Cc1ccc(N(C)CC2(N)CCOCC2)c(C)c1. The van der Waals surface area contributed by atoms with Crippen molar-refractivity contribution >= 4 is 5.69 Å². The van der Waals surface area contributed by atoms with E-state index in [1.807, 2.05) is 0 Å². The molecule has 0 atom stereocenters. The van der Waals surface area contributed by atoms with E-state index in [2.05, 4.69) is 44.0 Å². The minimum atomic E-state index is -0.107. The molecule has 1 aromatic rings. The molecular formula is C15H24N2O. The van der Waals surface area contributed by atoms with Crippen LogP contribution < -0.4 is 10.6 Å². The Labute approximate surface area is 110 Å². The zero-order chi connectivity index (χ0) is 13.2. The minimum absolute atomic E-state index is 0.107. The summed E-state index contributed by atoms with van der Waals surface area (Å²) < 4.78 is 5.39. The molecule has 3 heteroatoms. The van der Waals surface area contributed by atoms with Crippen LogP contribution in [0.5, 0.6) is 0 Å². The summed E-state index contributed by atoms with van der Waals surface area (Å²) >= 11 is 0. The van der Waals surface area contributed by atoms with Gasteiger partial charge < -0.3 is 15.4 Å². The fraction of sp³-hybridized carbons (Fsp3) is 0.600. The lowest BCUT2D eigenvalue weighted by Gasteiger charge is -2.37. The summed E-state index contributed by atoms with van der Waals surface area (Å²) in [6.45, 7) is 6.75. The maximum Gasteiger partial charge on any atom is 0.0484 e. The first-order chi connectivity index (χ1) is 8.50. The van der Waals surface area contributed by atoms with E-state index in [0.29, 0.717) is 0 Å². The van der Waals surface area contributed by atoms with E-state index < -0.39 is 0 Å². The van der Waals surface area contributed by atoms with Crippen LogP contribution >= 0.6 is 0 Å². The third kappa shape index (κ3) is 3.03. The highest BCUT2D eigenvalue weighted by Crippen LogP contribution is 2.24. The minimum Gasteiger partial charge on any atom is -0.381 e. The summed E-state index contributed by atoms with van der Waals surface area (Å²) in [5, 5.41) is 0. The highest BCUT2D eigenvalue weighted by molar-refractivity contribution is 5.54. The summed E-state index contributed by atoms with van der Waals surface area (Å²) in [6, 6.07) is 6.57. The van der Waals surface area contributed by atoms with Crippen molar-refractivity contribution in [2.75, 3.05) is 31.7 Å². The number of likely N-dealkylation sites (N-methyl/N-ethyl adjacent to an activating group) is 1. The Morgan fingerprint density at radius 3 is 2.56 bits per heavy atom. The Morgan fingerprint density at radius 1 is 1.28 bits per heavy atom. The first-order valence-corrected chi connectivity index (χ1v) is 6.65. The van der Waals surface area contributed by atoms with Gasteiger partial charge >= 0.3 is 0 Å². The number of aryl methyl sites for hydroxylation is 2. The predicted molar refractivity (Wildman–Crippen MR) is 76.2 cm³/mol. The summed E-state index contributed by atoms with van der Waals surface area (Å²) in [5.74, 6) is 0. The fourth-order valence-electron chi connectivity index (χ4n) is 2.73. The molecule has 1 aliphatic heterocycles. The highest BCUT2D eigenvalue weighted by Gasteiger charge is 2.29. The van der Waals surface area contributed by atoms with Crippen molar-refractivity contribution in [3.8, 4) is 0 Å². The van der Waals surface area contributed by atoms with Crippen molar-refractivity contribution in [3.05, 3.63) is 29.3 Å². The van der Waals surface area contributed by atoms with Crippen molar-refractivity contribution in [2.45, 2.75) is 32.2 Å². The molecule has 0 aromatic heterocycles. The second kappa shape index (κ2) is 5.29. The van der Waals surface area contributed by atoms with Crippen LogP contribution in [-0.4, -0.2) is 32.3 Å². The molecule has 1 aliphatic rings. The third-order valence-electron chi connectivity index (χ3n) is 3.80. The molecule has 0 saturated carbocycles. The van der Waals surface area contributed by atoms with Crippen LogP contribution in [0.2, 0.25) is 0 Å². The molecule has 1 heterocycles. The van der Waals surface area contributed by atoms with E-state index in [9.17, 15) is 0 Å². The molecule has 1 aromatic carbocycles. The van der Waals surface area contributed by atoms with Gasteiger partial charge in [-0.15, -0.1) is 0 Å². The largest absolute Gasteiger partial charge is 0.381 e. The Bertz CT molecular complexity index is 411. The number of rotatable bonds is 3. The lowest BCUT2D eigenvalue weighted by atomic mass is 9.90. The summed E-state index contributed by atoms with van der Waals surface area (Å²) in [7, 11) is 2.13. The molecule has 1 saturated heterocycles. The molecule has 18 heavy (non-hydrogen) atoms. The molecule has 0 amide bonds. The Hall–Kier alpha value is -1.06. The van der Waals surface area contributed by atoms with E-state index >= 15 is 0 Å². The number of nitrogens with zero attached hydrogens (tertiary/aromatic N) is 1. The van der Waals surface area contributed by atoms with Crippen molar-refractivity contribution in [3.63, 3.8) is 0 Å². The normalized spacial score (nSPS) is 18.7. The number of anilines is 1. The van der Waals surface area contributed by atoms with Crippen molar-refractivity contribution in [2.24, 2.45) is 5.73 Å². The van der Waals surface area contributed by atoms with E-state index in [1.54, 1.807) is 0 Å². The maximum atomic E-state index is 6.46. The number of benzene rings is 1. The lowest BCUT2D eigenvalue weighted by molar-refractivity contribution is 0.0558. The van der Waals surface area contributed by atoms with E-state index in [0.717, 1.165) is 32.6 Å². The van der Waals surface area contributed by atoms with Crippen molar-refractivity contribution in [1.29, 1.82) is 0 Å². The van der Waals surface area contributed by atoms with Gasteiger partial charge in [0, 0.05) is 38.0 Å². The summed E-state index contributed by atoms with van der Waals surface area (Å²) in [5.41, 5.74) is 10.2. The van der Waals surface area contributed by atoms with Crippen LogP contribution in [0, 0.1) is 13.8 Å². The van der Waals surface area contributed by atoms with Gasteiger partial charge in [0.15, 0.2) is 0 Å². The third-order valence-corrected chi connectivity index (χ3v) is 3.80. The number of hydrogen-bond donors (Lipinski definition) is 1. The van der Waals surface area contributed by atoms with Crippen LogP contribution in [0.15, 0.2) is 18.2 Å². The fourth-order valence-corrected chi connectivity index (χ4v) is 2.73. The lowest BCUT2D eigenvalue weighted by Crippen LogP contribution is -2.53. The van der Waals surface area contributed by atoms with Crippen molar-refractivity contribution in [1.82, 2.24) is 0 Å². The summed E-state index contributed by atoms with van der Waals surface area (Å²) in [6.07, 6.45) is 1.89. The molecule has 2 rings (SSSR count). The quantitative estimate of drug-likeness (QED) is 0.891. The van der Waals surface area contributed by atoms with Gasteiger partial charge in [-0.25, -0.2) is 0 Å². The average Bonchev–Trinajstić information content (AvgIpc) is 2.28. The molecule has 3 nitrogen and oxygen atoms in total. The van der Waals surface area contributed by atoms with Crippen LogP contribution in [0.1, 0.15) is 24.0 Å².